The third-order valence-electron chi connectivity index (χ3n) is 2.93. The standard InChI is InChI=1S/C15H14ClN3O2/c1-11-2-3-13(8-15(11)19(20)21)10-18-17-9-12-4-6-14(16)7-5-12/h2-8,10,17H,9H2,1H3/b18-10-. The molecule has 108 valence electrons. The largest absolute Gasteiger partial charge is 0.306 e. The van der Waals surface area contributed by atoms with Gasteiger partial charge in [0, 0.05) is 22.2 Å². The molecule has 0 heterocycles. The van der Waals surface area contributed by atoms with Gasteiger partial charge in [-0.2, -0.15) is 5.10 Å². The van der Waals surface area contributed by atoms with Crippen LogP contribution < -0.4 is 5.43 Å². The van der Waals surface area contributed by atoms with Crippen LogP contribution in [0.2, 0.25) is 5.02 Å². The Morgan fingerprint density at radius 2 is 2.00 bits per heavy atom. The van der Waals surface area contributed by atoms with Crippen LogP contribution in [0.1, 0.15) is 16.7 Å². The van der Waals surface area contributed by atoms with Crippen molar-refractivity contribution in [1.29, 1.82) is 0 Å². The molecule has 0 saturated carbocycles. The number of hydrazone groups is 1. The summed E-state index contributed by atoms with van der Waals surface area (Å²) >= 11 is 5.80. The molecule has 0 aliphatic heterocycles. The number of nitrogens with one attached hydrogen (secondary N) is 1. The molecule has 0 spiro atoms. The lowest BCUT2D eigenvalue weighted by Crippen LogP contribution is -2.05. The molecule has 1 N–H and O–H groups in total. The molecule has 6 heteroatoms. The van der Waals surface area contributed by atoms with E-state index in [0.29, 0.717) is 22.7 Å². The Balaban J connectivity index is 1.97. The fraction of sp³-hybridized carbons (Fsp3) is 0.133. The summed E-state index contributed by atoms with van der Waals surface area (Å²) < 4.78 is 0. The Morgan fingerprint density at radius 3 is 2.67 bits per heavy atom. The summed E-state index contributed by atoms with van der Waals surface area (Å²) in [5.41, 5.74) is 5.34. The van der Waals surface area contributed by atoms with E-state index in [9.17, 15) is 10.1 Å². The Bertz CT molecular complexity index is 669. The highest BCUT2D eigenvalue weighted by Crippen LogP contribution is 2.18. The second-order valence-corrected chi connectivity index (χ2v) is 4.96. The normalized spacial score (nSPS) is 10.8. The number of rotatable bonds is 5. The number of nitro benzene ring substituents is 1. The van der Waals surface area contributed by atoms with Crippen molar-refractivity contribution in [3.8, 4) is 0 Å². The van der Waals surface area contributed by atoms with Crippen LogP contribution in [-0.2, 0) is 6.54 Å². The van der Waals surface area contributed by atoms with Gasteiger partial charge in [-0.1, -0.05) is 35.9 Å². The van der Waals surface area contributed by atoms with Gasteiger partial charge in [0.1, 0.15) is 0 Å². The van der Waals surface area contributed by atoms with E-state index in [1.54, 1.807) is 25.3 Å². The van der Waals surface area contributed by atoms with Crippen LogP contribution in [0.5, 0.6) is 0 Å². The highest BCUT2D eigenvalue weighted by atomic mass is 35.5. The molecule has 0 unspecified atom stereocenters. The van der Waals surface area contributed by atoms with Crippen molar-refractivity contribution in [1.82, 2.24) is 5.43 Å². The number of hydrogen-bond donors (Lipinski definition) is 1. The minimum atomic E-state index is -0.395. The minimum absolute atomic E-state index is 0.0941. The first-order valence-electron chi connectivity index (χ1n) is 6.31. The molecule has 0 fully saturated rings. The highest BCUT2D eigenvalue weighted by molar-refractivity contribution is 6.30. The molecular formula is C15H14ClN3O2. The number of nitrogens with zero attached hydrogens (tertiary/aromatic N) is 2. The van der Waals surface area contributed by atoms with Crippen molar-refractivity contribution >= 4 is 23.5 Å². The monoisotopic (exact) mass is 303 g/mol. The molecule has 0 saturated heterocycles. The van der Waals surface area contributed by atoms with Crippen molar-refractivity contribution < 1.29 is 4.92 Å². The SMILES string of the molecule is Cc1ccc(/C=N\NCc2ccc(Cl)cc2)cc1[N+](=O)[O-]. The molecular weight excluding hydrogens is 290 g/mol. The van der Waals surface area contributed by atoms with Crippen molar-refractivity contribution in [3.63, 3.8) is 0 Å². The summed E-state index contributed by atoms with van der Waals surface area (Å²) in [6, 6.07) is 12.4. The van der Waals surface area contributed by atoms with E-state index in [1.807, 2.05) is 24.3 Å². The van der Waals surface area contributed by atoms with E-state index < -0.39 is 4.92 Å². The zero-order valence-electron chi connectivity index (χ0n) is 11.4. The molecule has 21 heavy (non-hydrogen) atoms. The first-order chi connectivity index (χ1) is 10.1. The summed E-state index contributed by atoms with van der Waals surface area (Å²) in [5.74, 6) is 0. The third-order valence-corrected chi connectivity index (χ3v) is 3.18. The molecule has 0 aliphatic carbocycles. The summed E-state index contributed by atoms with van der Waals surface area (Å²) in [7, 11) is 0. The fourth-order valence-corrected chi connectivity index (χ4v) is 1.89. The van der Waals surface area contributed by atoms with Gasteiger partial charge in [0.15, 0.2) is 0 Å². The van der Waals surface area contributed by atoms with Gasteiger partial charge in [-0.25, -0.2) is 0 Å². The van der Waals surface area contributed by atoms with E-state index in [4.69, 9.17) is 11.6 Å². The molecule has 2 aromatic carbocycles. The molecule has 0 atom stereocenters. The second kappa shape index (κ2) is 6.85. The van der Waals surface area contributed by atoms with Crippen molar-refractivity contribution in [2.24, 2.45) is 5.10 Å². The molecule has 2 rings (SSSR count). The van der Waals surface area contributed by atoms with Gasteiger partial charge in [-0.05, 0) is 24.6 Å². The van der Waals surface area contributed by atoms with Crippen molar-refractivity contribution in [3.05, 3.63) is 74.3 Å². The van der Waals surface area contributed by atoms with Gasteiger partial charge < -0.3 is 5.43 Å². The first kappa shape index (κ1) is 15.0. The third kappa shape index (κ3) is 4.29. The second-order valence-electron chi connectivity index (χ2n) is 4.52. The molecule has 0 amide bonds. The zero-order valence-corrected chi connectivity index (χ0v) is 12.2. The van der Waals surface area contributed by atoms with Gasteiger partial charge in [0.25, 0.3) is 5.69 Å². The van der Waals surface area contributed by atoms with Crippen LogP contribution in [0.25, 0.3) is 0 Å². The average Bonchev–Trinajstić information content (AvgIpc) is 2.46. The molecule has 0 aromatic heterocycles. The molecule has 0 aliphatic rings. The quantitative estimate of drug-likeness (QED) is 0.520. The van der Waals surface area contributed by atoms with Crippen LogP contribution in [0.15, 0.2) is 47.6 Å². The van der Waals surface area contributed by atoms with Crippen molar-refractivity contribution in [2.45, 2.75) is 13.5 Å². The number of nitro groups is 1. The van der Waals surface area contributed by atoms with E-state index in [2.05, 4.69) is 10.5 Å². The number of hydrogen-bond acceptors (Lipinski definition) is 4. The summed E-state index contributed by atoms with van der Waals surface area (Å²) in [4.78, 5) is 10.5. The van der Waals surface area contributed by atoms with Crippen molar-refractivity contribution in [2.75, 3.05) is 0 Å². The Kier molecular flexibility index (Phi) is 4.90. The number of aryl methyl sites for hydroxylation is 1. The molecule has 0 radical (unpaired) electrons. The van der Waals surface area contributed by atoms with Gasteiger partial charge in [-0.3, -0.25) is 10.1 Å². The minimum Gasteiger partial charge on any atom is -0.306 e. The van der Waals surface area contributed by atoms with Gasteiger partial charge in [0.05, 0.1) is 17.7 Å². The van der Waals surface area contributed by atoms with Gasteiger partial charge in [-0.15, -0.1) is 0 Å². The Morgan fingerprint density at radius 1 is 1.29 bits per heavy atom. The van der Waals surface area contributed by atoms with Crippen LogP contribution in [0.4, 0.5) is 5.69 Å². The predicted molar refractivity (Wildman–Crippen MR) is 83.7 cm³/mol. The maximum Gasteiger partial charge on any atom is 0.272 e. The lowest BCUT2D eigenvalue weighted by Gasteiger charge is -2.01. The topological polar surface area (TPSA) is 67.5 Å². The summed E-state index contributed by atoms with van der Waals surface area (Å²) in [6.07, 6.45) is 1.56. The average molecular weight is 304 g/mol. The highest BCUT2D eigenvalue weighted by Gasteiger charge is 2.09. The van der Waals surface area contributed by atoms with Crippen LogP contribution in [-0.4, -0.2) is 11.1 Å². The maximum atomic E-state index is 10.9. The van der Waals surface area contributed by atoms with Crippen LogP contribution in [0.3, 0.4) is 0 Å². The smallest absolute Gasteiger partial charge is 0.272 e. The maximum absolute atomic E-state index is 10.9. The van der Waals surface area contributed by atoms with E-state index in [1.165, 1.54) is 6.07 Å². The van der Waals surface area contributed by atoms with Gasteiger partial charge in [0.2, 0.25) is 0 Å². The Hall–Kier alpha value is -2.40. The Labute approximate surface area is 127 Å². The van der Waals surface area contributed by atoms with E-state index in [0.717, 1.165) is 5.56 Å². The van der Waals surface area contributed by atoms with E-state index in [-0.39, 0.29) is 5.69 Å². The summed E-state index contributed by atoms with van der Waals surface area (Å²) in [5, 5.41) is 15.6. The summed E-state index contributed by atoms with van der Waals surface area (Å²) in [6.45, 7) is 2.26. The van der Waals surface area contributed by atoms with Gasteiger partial charge >= 0.3 is 0 Å². The predicted octanol–water partition coefficient (Wildman–Crippen LogP) is 3.68. The lowest BCUT2D eigenvalue weighted by atomic mass is 10.1. The number of benzene rings is 2. The van der Waals surface area contributed by atoms with Crippen LogP contribution in [0, 0.1) is 17.0 Å². The van der Waals surface area contributed by atoms with Crippen LogP contribution >= 0.6 is 11.6 Å². The lowest BCUT2D eigenvalue weighted by molar-refractivity contribution is -0.385. The molecule has 2 aromatic rings. The van der Waals surface area contributed by atoms with E-state index >= 15 is 0 Å². The first-order valence-corrected chi connectivity index (χ1v) is 6.69. The molecule has 5 nitrogen and oxygen atoms in total. The number of halogens is 1. The fourth-order valence-electron chi connectivity index (χ4n) is 1.76. The molecule has 0 bridgehead atoms. The zero-order chi connectivity index (χ0) is 15.2.